The Morgan fingerprint density at radius 3 is 1.62 bits per heavy atom. The predicted octanol–water partition coefficient (Wildman–Crippen LogP) is 14.2. The summed E-state index contributed by atoms with van der Waals surface area (Å²) in [4.78, 5) is 10.2. The van der Waals surface area contributed by atoms with Gasteiger partial charge in [0.1, 0.15) is 11.2 Å². The summed E-state index contributed by atoms with van der Waals surface area (Å²) >= 11 is 0. The molecule has 0 saturated carbocycles. The highest BCUT2D eigenvalue weighted by Gasteiger charge is 2.15. The molecule has 0 aliphatic heterocycles. The maximum Gasteiger partial charge on any atom is 0.160 e. The van der Waals surface area contributed by atoms with Gasteiger partial charge >= 0.3 is 0 Å². The van der Waals surface area contributed by atoms with Crippen LogP contribution in [0.25, 0.3) is 110 Å². The molecule has 0 aliphatic carbocycles. The Labute approximate surface area is 317 Å². The van der Waals surface area contributed by atoms with Crippen LogP contribution in [0, 0.1) is 0 Å². The predicted molar refractivity (Wildman–Crippen MR) is 229 cm³/mol. The zero-order valence-corrected chi connectivity index (χ0v) is 29.8. The van der Waals surface area contributed by atoms with Gasteiger partial charge in [0, 0.05) is 27.5 Å². The molecule has 0 bridgehead atoms. The SMILES string of the molecule is c1ccc(-c2nc(-c3ccc(-c4ccc5c(c4)oc4ccccc45)cc3)cc(-c3ccc(-c4c5ccccc5cc5c4ccc4ccccc45)cc3)n2)cc1. The van der Waals surface area contributed by atoms with Crippen LogP contribution in [0.4, 0.5) is 0 Å². The molecule has 3 heteroatoms. The van der Waals surface area contributed by atoms with E-state index in [2.05, 4.69) is 164 Å². The van der Waals surface area contributed by atoms with Crippen LogP contribution in [0.5, 0.6) is 0 Å². The minimum Gasteiger partial charge on any atom is -0.456 e. The first-order valence-corrected chi connectivity index (χ1v) is 18.6. The van der Waals surface area contributed by atoms with Crippen LogP contribution >= 0.6 is 0 Å². The molecule has 256 valence electrons. The van der Waals surface area contributed by atoms with Crippen LogP contribution in [-0.4, -0.2) is 9.97 Å². The molecular weight excluding hydrogens is 669 g/mol. The van der Waals surface area contributed by atoms with Crippen LogP contribution in [-0.2, 0) is 0 Å². The van der Waals surface area contributed by atoms with Gasteiger partial charge in [-0.3, -0.25) is 0 Å². The molecule has 0 radical (unpaired) electrons. The second-order valence-electron chi connectivity index (χ2n) is 14.1. The molecular formula is C52H32N2O. The molecule has 0 N–H and O–H groups in total. The Bertz CT molecular complexity index is 3230. The van der Waals surface area contributed by atoms with Gasteiger partial charge in [0.25, 0.3) is 0 Å². The first kappa shape index (κ1) is 31.2. The summed E-state index contributed by atoms with van der Waals surface area (Å²) in [6.45, 7) is 0. The minimum atomic E-state index is 0.698. The normalized spacial score (nSPS) is 11.6. The smallest absolute Gasteiger partial charge is 0.160 e. The topological polar surface area (TPSA) is 38.9 Å². The zero-order chi connectivity index (χ0) is 36.3. The number of furan rings is 1. The molecule has 11 rings (SSSR count). The summed E-state index contributed by atoms with van der Waals surface area (Å²) in [7, 11) is 0. The van der Waals surface area contributed by atoms with E-state index in [0.29, 0.717) is 5.82 Å². The van der Waals surface area contributed by atoms with Gasteiger partial charge in [-0.25, -0.2) is 9.97 Å². The van der Waals surface area contributed by atoms with Crippen LogP contribution in [0.15, 0.2) is 199 Å². The number of rotatable bonds is 5. The third kappa shape index (κ3) is 5.36. The van der Waals surface area contributed by atoms with Gasteiger partial charge in [0.2, 0.25) is 0 Å². The summed E-state index contributed by atoms with van der Waals surface area (Å²) in [5.41, 5.74) is 11.2. The van der Waals surface area contributed by atoms with Crippen molar-refractivity contribution in [1.82, 2.24) is 9.97 Å². The molecule has 0 fully saturated rings. The van der Waals surface area contributed by atoms with E-state index in [1.54, 1.807) is 0 Å². The fourth-order valence-corrected chi connectivity index (χ4v) is 8.14. The van der Waals surface area contributed by atoms with E-state index >= 15 is 0 Å². The third-order valence-corrected chi connectivity index (χ3v) is 10.9. The average Bonchev–Trinajstić information content (AvgIpc) is 3.64. The Morgan fingerprint density at radius 2 is 0.855 bits per heavy atom. The van der Waals surface area contributed by atoms with E-state index in [1.807, 2.05) is 30.3 Å². The van der Waals surface area contributed by atoms with Crippen LogP contribution in [0.1, 0.15) is 0 Å². The quantitative estimate of drug-likeness (QED) is 0.133. The van der Waals surface area contributed by atoms with Crippen molar-refractivity contribution in [2.45, 2.75) is 0 Å². The fourth-order valence-electron chi connectivity index (χ4n) is 8.14. The summed E-state index contributed by atoms with van der Waals surface area (Å²) in [6.07, 6.45) is 0. The van der Waals surface area contributed by atoms with Crippen molar-refractivity contribution >= 4 is 54.3 Å². The third-order valence-electron chi connectivity index (χ3n) is 10.9. The first-order chi connectivity index (χ1) is 27.2. The van der Waals surface area contributed by atoms with Crippen molar-refractivity contribution in [1.29, 1.82) is 0 Å². The summed E-state index contributed by atoms with van der Waals surface area (Å²) < 4.78 is 6.19. The molecule has 0 unspecified atom stereocenters. The lowest BCUT2D eigenvalue weighted by atomic mass is 9.89. The number of fused-ring (bicyclic) bond motifs is 7. The van der Waals surface area contributed by atoms with Gasteiger partial charge in [0.15, 0.2) is 5.82 Å². The monoisotopic (exact) mass is 700 g/mol. The lowest BCUT2D eigenvalue weighted by Gasteiger charge is -2.15. The highest BCUT2D eigenvalue weighted by atomic mass is 16.3. The lowest BCUT2D eigenvalue weighted by Crippen LogP contribution is -1.96. The average molecular weight is 701 g/mol. The molecule has 11 aromatic rings. The molecule has 2 aromatic heterocycles. The maximum atomic E-state index is 6.19. The molecule has 0 spiro atoms. The van der Waals surface area contributed by atoms with Crippen LogP contribution < -0.4 is 0 Å². The highest BCUT2D eigenvalue weighted by molar-refractivity contribution is 6.20. The number of nitrogens with zero attached hydrogens (tertiary/aromatic N) is 2. The van der Waals surface area contributed by atoms with E-state index in [0.717, 1.165) is 61.1 Å². The summed E-state index contributed by atoms with van der Waals surface area (Å²) in [5, 5.41) is 9.79. The van der Waals surface area contributed by atoms with E-state index < -0.39 is 0 Å². The Balaban J connectivity index is 0.994. The molecule has 0 atom stereocenters. The highest BCUT2D eigenvalue weighted by Crippen LogP contribution is 2.40. The first-order valence-electron chi connectivity index (χ1n) is 18.6. The van der Waals surface area contributed by atoms with Crippen molar-refractivity contribution in [2.24, 2.45) is 0 Å². The summed E-state index contributed by atoms with van der Waals surface area (Å²) in [6, 6.07) is 68.7. The number of benzene rings is 9. The molecule has 0 amide bonds. The number of hydrogen-bond donors (Lipinski definition) is 0. The zero-order valence-electron chi connectivity index (χ0n) is 29.8. The summed E-state index contributed by atoms with van der Waals surface area (Å²) in [5.74, 6) is 0.698. The standard InChI is InChI=1S/C52H32N2O/c1-2-11-38(12-3-1)52-53-47(35-20-18-33(19-21-35)39-27-28-44-43-16-8-9-17-49(43)55-50(44)31-39)32-48(54-52)36-22-24-37(25-23-36)51-42-15-7-5-13-40(42)30-46-41-14-6-4-10-34(41)26-29-45(46)51/h1-32H. The number of aromatic nitrogens is 2. The minimum absolute atomic E-state index is 0.698. The Hall–Kier alpha value is -7.36. The van der Waals surface area contributed by atoms with Gasteiger partial charge in [-0.05, 0) is 84.9 Å². The van der Waals surface area contributed by atoms with E-state index in [-0.39, 0.29) is 0 Å². The maximum absolute atomic E-state index is 6.19. The van der Waals surface area contributed by atoms with Crippen molar-refractivity contribution in [3.63, 3.8) is 0 Å². The lowest BCUT2D eigenvalue weighted by molar-refractivity contribution is 0.669. The second-order valence-corrected chi connectivity index (χ2v) is 14.1. The number of hydrogen-bond acceptors (Lipinski definition) is 3. The molecule has 0 aliphatic rings. The molecule has 55 heavy (non-hydrogen) atoms. The Morgan fingerprint density at radius 1 is 0.291 bits per heavy atom. The van der Waals surface area contributed by atoms with Gasteiger partial charge in [0.05, 0.1) is 11.4 Å². The van der Waals surface area contributed by atoms with Crippen molar-refractivity contribution in [3.8, 4) is 56.2 Å². The van der Waals surface area contributed by atoms with Gasteiger partial charge in [-0.1, -0.05) is 164 Å². The van der Waals surface area contributed by atoms with Gasteiger partial charge in [-0.2, -0.15) is 0 Å². The number of para-hydroxylation sites is 1. The van der Waals surface area contributed by atoms with Crippen LogP contribution in [0.2, 0.25) is 0 Å². The van der Waals surface area contributed by atoms with Crippen LogP contribution in [0.3, 0.4) is 0 Å². The molecule has 0 saturated heterocycles. The van der Waals surface area contributed by atoms with Gasteiger partial charge in [-0.15, -0.1) is 0 Å². The van der Waals surface area contributed by atoms with Gasteiger partial charge < -0.3 is 4.42 Å². The second kappa shape index (κ2) is 12.6. The van der Waals surface area contributed by atoms with E-state index in [4.69, 9.17) is 14.4 Å². The molecule has 3 nitrogen and oxygen atoms in total. The van der Waals surface area contributed by atoms with Crippen molar-refractivity contribution in [3.05, 3.63) is 194 Å². The Kier molecular flexibility index (Phi) is 7.17. The molecule has 9 aromatic carbocycles. The largest absolute Gasteiger partial charge is 0.456 e. The van der Waals surface area contributed by atoms with Crippen molar-refractivity contribution < 1.29 is 4.42 Å². The fraction of sp³-hybridized carbons (Fsp3) is 0. The molecule has 2 heterocycles. The van der Waals surface area contributed by atoms with E-state index in [9.17, 15) is 0 Å². The van der Waals surface area contributed by atoms with Crippen molar-refractivity contribution in [2.75, 3.05) is 0 Å². The van der Waals surface area contributed by atoms with E-state index in [1.165, 1.54) is 43.4 Å².